The van der Waals surface area contributed by atoms with Crippen molar-refractivity contribution in [1.29, 1.82) is 0 Å². The smallest absolute Gasteiger partial charge is 0.326 e. The number of carbonyl (C=O) groups excluding carboxylic acids is 1. The molecule has 0 radical (unpaired) electrons. The van der Waals surface area contributed by atoms with Gasteiger partial charge in [-0.3, -0.25) is 4.79 Å². The average Bonchev–Trinajstić information content (AvgIpc) is 2.42. The maximum absolute atomic E-state index is 12.2. The summed E-state index contributed by atoms with van der Waals surface area (Å²) in [5.41, 5.74) is 0.961. The Balaban J connectivity index is 2.86. The second kappa shape index (κ2) is 7.57. The minimum absolute atomic E-state index is 0.0673. The van der Waals surface area contributed by atoms with Crippen LogP contribution in [0.1, 0.15) is 62.0 Å². The number of carbonyl (C=O) groups is 2. The monoisotopic (exact) mass is 279 g/mol. The Kier molecular flexibility index (Phi) is 6.09. The molecule has 0 aliphatic rings. The van der Waals surface area contributed by atoms with Crippen LogP contribution in [0.15, 0.2) is 12.5 Å². The van der Waals surface area contributed by atoms with Crippen molar-refractivity contribution in [1.82, 2.24) is 15.3 Å². The minimum Gasteiger partial charge on any atom is -0.480 e. The summed E-state index contributed by atoms with van der Waals surface area (Å²) >= 11 is 0. The summed E-state index contributed by atoms with van der Waals surface area (Å²) in [4.78, 5) is 31.3. The maximum Gasteiger partial charge on any atom is 0.326 e. The highest BCUT2D eigenvalue weighted by Gasteiger charge is 2.22. The summed E-state index contributed by atoms with van der Waals surface area (Å²) in [6.07, 6.45) is 4.86. The molecule has 6 heteroatoms. The highest BCUT2D eigenvalue weighted by atomic mass is 16.4. The van der Waals surface area contributed by atoms with Gasteiger partial charge in [-0.15, -0.1) is 0 Å². The first-order valence-corrected chi connectivity index (χ1v) is 6.80. The van der Waals surface area contributed by atoms with Crippen LogP contribution in [0.4, 0.5) is 0 Å². The molecule has 1 heterocycles. The third kappa shape index (κ3) is 4.29. The fourth-order valence-corrected chi connectivity index (χ4v) is 1.88. The van der Waals surface area contributed by atoms with Crippen molar-refractivity contribution in [2.24, 2.45) is 0 Å². The van der Waals surface area contributed by atoms with Gasteiger partial charge < -0.3 is 10.4 Å². The fraction of sp³-hybridized carbons (Fsp3) is 0.571. The summed E-state index contributed by atoms with van der Waals surface area (Å²) in [6, 6.07) is -0.873. The molecule has 0 spiro atoms. The lowest BCUT2D eigenvalue weighted by Crippen LogP contribution is -2.41. The molecule has 1 aromatic heterocycles. The number of carboxylic acids is 1. The van der Waals surface area contributed by atoms with E-state index in [1.165, 1.54) is 12.5 Å². The van der Waals surface area contributed by atoms with Crippen molar-refractivity contribution in [3.63, 3.8) is 0 Å². The molecule has 1 aromatic rings. The molecular weight excluding hydrogens is 258 g/mol. The zero-order valence-corrected chi connectivity index (χ0v) is 12.1. The molecule has 1 atom stereocenters. The zero-order valence-electron chi connectivity index (χ0n) is 12.1. The van der Waals surface area contributed by atoms with E-state index in [1.54, 1.807) is 0 Å². The van der Waals surface area contributed by atoms with Crippen molar-refractivity contribution < 1.29 is 14.7 Å². The third-order valence-electron chi connectivity index (χ3n) is 2.98. The maximum atomic E-state index is 12.2. The molecule has 1 unspecified atom stereocenters. The number of amides is 1. The molecule has 0 fully saturated rings. The molecule has 0 aliphatic carbocycles. The van der Waals surface area contributed by atoms with Crippen LogP contribution in [0.25, 0.3) is 0 Å². The molecule has 6 nitrogen and oxygen atoms in total. The first kappa shape index (κ1) is 16.1. The van der Waals surface area contributed by atoms with Gasteiger partial charge >= 0.3 is 5.97 Å². The Morgan fingerprint density at radius 1 is 1.40 bits per heavy atom. The lowest BCUT2D eigenvalue weighted by Gasteiger charge is -2.16. The number of carboxylic acid groups (broad SMARTS) is 1. The van der Waals surface area contributed by atoms with Crippen LogP contribution in [0.2, 0.25) is 0 Å². The molecule has 0 saturated heterocycles. The van der Waals surface area contributed by atoms with Gasteiger partial charge in [0.2, 0.25) is 0 Å². The van der Waals surface area contributed by atoms with Gasteiger partial charge in [0.25, 0.3) is 5.91 Å². The summed E-state index contributed by atoms with van der Waals surface area (Å²) in [5.74, 6) is -1.38. The topological polar surface area (TPSA) is 92.2 Å². The summed E-state index contributed by atoms with van der Waals surface area (Å²) in [5, 5.41) is 11.7. The molecule has 20 heavy (non-hydrogen) atoms. The van der Waals surface area contributed by atoms with Gasteiger partial charge in [-0.25, -0.2) is 14.8 Å². The predicted molar refractivity (Wildman–Crippen MR) is 74.5 cm³/mol. The minimum atomic E-state index is -1.02. The highest BCUT2D eigenvalue weighted by molar-refractivity contribution is 5.97. The van der Waals surface area contributed by atoms with Crippen molar-refractivity contribution in [2.45, 2.75) is 52.0 Å². The lowest BCUT2D eigenvalue weighted by molar-refractivity contribution is -0.139. The lowest BCUT2D eigenvalue weighted by atomic mass is 10.0. The summed E-state index contributed by atoms with van der Waals surface area (Å²) in [7, 11) is 0. The van der Waals surface area contributed by atoms with Gasteiger partial charge in [0.05, 0.1) is 11.3 Å². The van der Waals surface area contributed by atoms with Gasteiger partial charge in [-0.2, -0.15) is 0 Å². The predicted octanol–water partition coefficient (Wildman–Crippen LogP) is 1.97. The number of rotatable bonds is 7. The van der Waals surface area contributed by atoms with Gasteiger partial charge in [-0.1, -0.05) is 33.6 Å². The second-order valence-corrected chi connectivity index (χ2v) is 4.98. The number of hydrogen-bond acceptors (Lipinski definition) is 4. The Hall–Kier alpha value is -1.98. The van der Waals surface area contributed by atoms with Crippen molar-refractivity contribution in [3.05, 3.63) is 23.8 Å². The van der Waals surface area contributed by atoms with Crippen LogP contribution in [0.3, 0.4) is 0 Å². The first-order valence-electron chi connectivity index (χ1n) is 6.80. The molecule has 1 rings (SSSR count). The number of unbranched alkanes of at least 4 members (excludes halogenated alkanes) is 1. The van der Waals surface area contributed by atoms with Crippen LogP contribution in [0, 0.1) is 0 Å². The van der Waals surface area contributed by atoms with Crippen LogP contribution < -0.4 is 5.32 Å². The molecule has 0 saturated carbocycles. The standard InChI is InChI=1S/C14H21N3O3/c1-4-5-6-11(14(19)20)17-13(18)10-7-15-8-16-12(10)9(2)3/h7-9,11H,4-6H2,1-3H3,(H,17,18)(H,19,20). The molecule has 1 amide bonds. The van der Waals surface area contributed by atoms with Gasteiger partial charge in [0.15, 0.2) is 0 Å². The van der Waals surface area contributed by atoms with E-state index in [1.807, 2.05) is 20.8 Å². The third-order valence-corrected chi connectivity index (χ3v) is 2.98. The van der Waals surface area contributed by atoms with E-state index in [2.05, 4.69) is 15.3 Å². The van der Waals surface area contributed by atoms with Crippen LogP contribution in [-0.2, 0) is 4.79 Å². The van der Waals surface area contributed by atoms with Gasteiger partial charge in [0.1, 0.15) is 12.4 Å². The van der Waals surface area contributed by atoms with E-state index < -0.39 is 17.9 Å². The van der Waals surface area contributed by atoms with E-state index in [0.717, 1.165) is 12.8 Å². The molecule has 2 N–H and O–H groups in total. The number of aliphatic carboxylic acids is 1. The van der Waals surface area contributed by atoms with E-state index in [4.69, 9.17) is 5.11 Å². The molecule has 0 bridgehead atoms. The molecule has 110 valence electrons. The van der Waals surface area contributed by atoms with Gasteiger partial charge in [-0.05, 0) is 12.3 Å². The highest BCUT2D eigenvalue weighted by Crippen LogP contribution is 2.15. The SMILES string of the molecule is CCCCC(NC(=O)c1cncnc1C(C)C)C(=O)O. The Morgan fingerprint density at radius 3 is 2.65 bits per heavy atom. The largest absolute Gasteiger partial charge is 0.480 e. The van der Waals surface area contributed by atoms with Crippen molar-refractivity contribution in [3.8, 4) is 0 Å². The summed E-state index contributed by atoms with van der Waals surface area (Å²) < 4.78 is 0. The molecule has 0 aliphatic heterocycles. The number of nitrogens with one attached hydrogen (secondary N) is 1. The van der Waals surface area contributed by atoms with Crippen molar-refractivity contribution >= 4 is 11.9 Å². The first-order chi connectivity index (χ1) is 9.47. The summed E-state index contributed by atoms with van der Waals surface area (Å²) in [6.45, 7) is 5.82. The van der Waals surface area contributed by atoms with Gasteiger partial charge in [0, 0.05) is 6.20 Å². The second-order valence-electron chi connectivity index (χ2n) is 4.98. The fourth-order valence-electron chi connectivity index (χ4n) is 1.88. The van der Waals surface area contributed by atoms with Crippen molar-refractivity contribution in [2.75, 3.05) is 0 Å². The van der Waals surface area contributed by atoms with Crippen LogP contribution >= 0.6 is 0 Å². The number of aromatic nitrogens is 2. The molecule has 0 aromatic carbocycles. The van der Waals surface area contributed by atoms with E-state index in [9.17, 15) is 9.59 Å². The molecular formula is C14H21N3O3. The van der Waals surface area contributed by atoms with E-state index in [-0.39, 0.29) is 5.92 Å². The number of hydrogen-bond donors (Lipinski definition) is 2. The van der Waals surface area contributed by atoms with E-state index in [0.29, 0.717) is 17.7 Å². The zero-order chi connectivity index (χ0) is 15.1. The Labute approximate surface area is 118 Å². The Bertz CT molecular complexity index is 474. The van der Waals surface area contributed by atoms with Crippen LogP contribution in [-0.4, -0.2) is 33.0 Å². The quantitative estimate of drug-likeness (QED) is 0.796. The van der Waals surface area contributed by atoms with Crippen LogP contribution in [0.5, 0.6) is 0 Å². The Morgan fingerprint density at radius 2 is 2.10 bits per heavy atom. The normalized spacial score (nSPS) is 12.2. The van der Waals surface area contributed by atoms with E-state index >= 15 is 0 Å². The average molecular weight is 279 g/mol. The number of nitrogens with zero attached hydrogens (tertiary/aromatic N) is 2.